The number of benzene rings is 1. The molecule has 9 nitrogen and oxygen atoms in total. The van der Waals surface area contributed by atoms with Gasteiger partial charge < -0.3 is 14.2 Å². The summed E-state index contributed by atoms with van der Waals surface area (Å²) >= 11 is 0. The fourth-order valence-corrected chi connectivity index (χ4v) is 7.99. The Hall–Kier alpha value is -2.55. The molecule has 2 aromatic heterocycles. The molecule has 12 heteroatoms. The van der Waals surface area contributed by atoms with Gasteiger partial charge in [-0.05, 0) is 69.5 Å². The molecule has 0 saturated heterocycles. The second kappa shape index (κ2) is 12.5. The van der Waals surface area contributed by atoms with Crippen molar-refractivity contribution in [1.29, 1.82) is 0 Å². The van der Waals surface area contributed by atoms with Crippen molar-refractivity contribution >= 4 is 39.0 Å². The molecule has 0 N–H and O–H groups in total. The van der Waals surface area contributed by atoms with Crippen LogP contribution in [0.15, 0.2) is 12.1 Å². The van der Waals surface area contributed by atoms with Gasteiger partial charge in [0.2, 0.25) is 0 Å². The van der Waals surface area contributed by atoms with Crippen molar-refractivity contribution in [2.75, 3.05) is 25.2 Å². The monoisotopic (exact) mass is 671 g/mol. The summed E-state index contributed by atoms with van der Waals surface area (Å²) < 4.78 is 37.7. The first-order valence-electron chi connectivity index (χ1n) is 16.7. The molecule has 1 amide bonds. The van der Waals surface area contributed by atoms with Gasteiger partial charge >= 0.3 is 6.09 Å². The number of nitrogens with zero attached hydrogens (tertiary/aromatic N) is 5. The molecule has 46 heavy (non-hydrogen) atoms. The Balaban J connectivity index is 1.56. The molecule has 3 aliphatic rings. The number of fused-ring (bicyclic) bond motifs is 1. The molecule has 1 fully saturated rings. The van der Waals surface area contributed by atoms with Crippen molar-refractivity contribution < 1.29 is 23.4 Å². The zero-order valence-corrected chi connectivity index (χ0v) is 31.8. The molecule has 6 rings (SSSR count). The van der Waals surface area contributed by atoms with Crippen LogP contribution in [0, 0.1) is 11.2 Å². The lowest BCUT2D eigenvalue weighted by atomic mass is 9.54. The van der Waals surface area contributed by atoms with Crippen molar-refractivity contribution in [3.63, 3.8) is 0 Å². The highest BCUT2D eigenvalue weighted by molar-refractivity contribution is 6.76. The summed E-state index contributed by atoms with van der Waals surface area (Å²) in [4.78, 5) is 19.1. The van der Waals surface area contributed by atoms with Gasteiger partial charge in [0.1, 0.15) is 30.6 Å². The van der Waals surface area contributed by atoms with Gasteiger partial charge in [0, 0.05) is 53.7 Å². The van der Waals surface area contributed by atoms with Crippen LogP contribution in [-0.4, -0.2) is 67.4 Å². The van der Waals surface area contributed by atoms with E-state index in [0.717, 1.165) is 43.7 Å². The van der Waals surface area contributed by atoms with E-state index in [9.17, 15) is 4.79 Å². The second-order valence-electron chi connectivity index (χ2n) is 17.2. The third kappa shape index (κ3) is 7.77. The first-order valence-corrected chi connectivity index (χ1v) is 24.1. The lowest BCUT2D eigenvalue weighted by Crippen LogP contribution is -2.41. The topological polar surface area (TPSA) is 83.6 Å². The van der Waals surface area contributed by atoms with E-state index < -0.39 is 33.7 Å². The Labute approximate surface area is 275 Å². The van der Waals surface area contributed by atoms with Crippen LogP contribution in [0.3, 0.4) is 0 Å². The summed E-state index contributed by atoms with van der Waals surface area (Å²) in [5.41, 5.74) is 4.15. The van der Waals surface area contributed by atoms with Crippen LogP contribution in [-0.2, 0) is 34.1 Å². The summed E-state index contributed by atoms with van der Waals surface area (Å²) in [7, 11) is -1.01. The Bertz CT molecular complexity index is 1590. The third-order valence-corrected chi connectivity index (χ3v) is 12.5. The zero-order valence-electron chi connectivity index (χ0n) is 29.8. The van der Waals surface area contributed by atoms with Crippen LogP contribution >= 0.6 is 0 Å². The molecule has 0 atom stereocenters. The van der Waals surface area contributed by atoms with Crippen molar-refractivity contribution in [3.05, 3.63) is 29.2 Å². The maximum Gasteiger partial charge on any atom is 0.414 e. The smallest absolute Gasteiger partial charge is 0.414 e. The SMILES string of the molecule is CN(C(=O)OC(C)(C)C)c1cc2nc(-c3nn(COCC[Si](C)(C)C)c4c3[C@H]3C[C@@](C)(C4)C3)n(COCC[Si](C)(C)C)c2cc1F. The predicted octanol–water partition coefficient (Wildman–Crippen LogP) is 8.47. The third-order valence-electron chi connectivity index (χ3n) is 9.06. The van der Waals surface area contributed by atoms with E-state index in [-0.39, 0.29) is 17.8 Å². The number of ether oxygens (including phenoxy) is 3. The summed E-state index contributed by atoms with van der Waals surface area (Å²) in [6.45, 7) is 23.7. The number of amides is 1. The number of imidazole rings is 1. The minimum absolute atomic E-state index is 0.107. The van der Waals surface area contributed by atoms with E-state index in [1.807, 2.05) is 9.25 Å². The van der Waals surface area contributed by atoms with Crippen LogP contribution < -0.4 is 4.90 Å². The van der Waals surface area contributed by atoms with Crippen molar-refractivity contribution in [1.82, 2.24) is 19.3 Å². The fourth-order valence-electron chi connectivity index (χ4n) is 6.48. The van der Waals surface area contributed by atoms with Crippen LogP contribution in [0.1, 0.15) is 57.7 Å². The highest BCUT2D eigenvalue weighted by atomic mass is 28.3. The van der Waals surface area contributed by atoms with Crippen LogP contribution in [0.4, 0.5) is 14.9 Å². The standard InChI is InChI=1S/C34H54FN5O4Si2/c1-33(2,3)44-32(41)38(5)26-17-25-27(16-24(26)35)39(21-42-12-14-45(6,7)8)31(36-25)30-29-23-18-34(4,19-23)20-28(29)40(37-30)22-43-13-15-46(9,10)11/h16-17,23H,12-15,18-22H2,1-11H3/t23-,34+. The molecule has 0 unspecified atom stereocenters. The first kappa shape index (κ1) is 34.8. The first-order chi connectivity index (χ1) is 21.2. The molecule has 1 aromatic carbocycles. The van der Waals surface area contributed by atoms with E-state index in [2.05, 4.69) is 46.2 Å². The van der Waals surface area contributed by atoms with Gasteiger partial charge in [0.05, 0.1) is 16.7 Å². The number of hydrogen-bond donors (Lipinski definition) is 0. The molecular weight excluding hydrogens is 618 g/mol. The van der Waals surface area contributed by atoms with E-state index in [1.54, 1.807) is 26.8 Å². The van der Waals surface area contributed by atoms with E-state index in [4.69, 9.17) is 24.3 Å². The van der Waals surface area contributed by atoms with Crippen LogP contribution in [0.25, 0.3) is 22.6 Å². The van der Waals surface area contributed by atoms with Crippen LogP contribution in [0.5, 0.6) is 0 Å². The van der Waals surface area contributed by atoms with E-state index in [0.29, 0.717) is 36.1 Å². The normalized spacial score (nSPS) is 19.7. The van der Waals surface area contributed by atoms with Gasteiger partial charge in [-0.25, -0.2) is 18.9 Å². The molecule has 3 aromatic rings. The summed E-state index contributed by atoms with van der Waals surface area (Å²) in [6.07, 6.45) is 2.58. The number of halogens is 1. The number of aromatic nitrogens is 4. The molecule has 0 radical (unpaired) electrons. The van der Waals surface area contributed by atoms with Crippen molar-refractivity contribution in [3.8, 4) is 11.5 Å². The Kier molecular flexibility index (Phi) is 9.44. The number of rotatable bonds is 12. The highest BCUT2D eigenvalue weighted by Crippen LogP contribution is 2.59. The summed E-state index contributed by atoms with van der Waals surface area (Å²) in [5, 5.41) is 5.17. The molecule has 2 heterocycles. The average molecular weight is 672 g/mol. The molecular formula is C34H54FN5O4Si2. The lowest BCUT2D eigenvalue weighted by Gasteiger charge is -2.50. The quantitative estimate of drug-likeness (QED) is 0.142. The Morgan fingerprint density at radius 3 is 2.24 bits per heavy atom. The van der Waals surface area contributed by atoms with Gasteiger partial charge in [-0.1, -0.05) is 46.2 Å². The summed E-state index contributed by atoms with van der Waals surface area (Å²) in [6, 6.07) is 5.20. The molecule has 0 spiro atoms. The Morgan fingerprint density at radius 1 is 1.04 bits per heavy atom. The zero-order chi connectivity index (χ0) is 33.8. The number of carbonyl (C=O) groups is 1. The minimum atomic E-state index is -1.31. The average Bonchev–Trinajstić information content (AvgIpc) is 3.43. The van der Waals surface area contributed by atoms with Gasteiger partial charge in [0.25, 0.3) is 0 Å². The van der Waals surface area contributed by atoms with Gasteiger partial charge in [-0.2, -0.15) is 5.10 Å². The molecule has 2 bridgehead atoms. The maximum absolute atomic E-state index is 15.8. The van der Waals surface area contributed by atoms with Gasteiger partial charge in [0.15, 0.2) is 5.82 Å². The molecule has 254 valence electrons. The van der Waals surface area contributed by atoms with E-state index >= 15 is 4.39 Å². The van der Waals surface area contributed by atoms with Crippen molar-refractivity contribution in [2.45, 2.75) is 123 Å². The fraction of sp³-hybridized carbons (Fsp3) is 0.676. The van der Waals surface area contributed by atoms with Gasteiger partial charge in [-0.15, -0.1) is 0 Å². The Morgan fingerprint density at radius 2 is 1.65 bits per heavy atom. The highest BCUT2D eigenvalue weighted by Gasteiger charge is 2.50. The largest absolute Gasteiger partial charge is 0.443 e. The van der Waals surface area contributed by atoms with Gasteiger partial charge in [-0.3, -0.25) is 9.47 Å². The number of carbonyl (C=O) groups excluding carboxylic acids is 1. The molecule has 0 aliphatic heterocycles. The summed E-state index contributed by atoms with van der Waals surface area (Å²) in [5.74, 6) is 0.534. The second-order valence-corrected chi connectivity index (χ2v) is 28.4. The lowest BCUT2D eigenvalue weighted by molar-refractivity contribution is 0.0588. The van der Waals surface area contributed by atoms with Crippen molar-refractivity contribution in [2.24, 2.45) is 5.41 Å². The van der Waals surface area contributed by atoms with E-state index in [1.165, 1.54) is 29.3 Å². The number of hydrogen-bond acceptors (Lipinski definition) is 6. The molecule has 3 aliphatic carbocycles. The number of anilines is 1. The van der Waals surface area contributed by atoms with Crippen LogP contribution in [0.2, 0.25) is 51.4 Å². The molecule has 1 saturated carbocycles. The predicted molar refractivity (Wildman–Crippen MR) is 188 cm³/mol. The maximum atomic E-state index is 15.8. The minimum Gasteiger partial charge on any atom is -0.443 e.